The first-order chi connectivity index (χ1) is 10.7. The lowest BCUT2D eigenvalue weighted by Gasteiger charge is -2.15. The molecule has 10 heteroatoms. The lowest BCUT2D eigenvalue weighted by molar-refractivity contribution is -0.141. The lowest BCUT2D eigenvalue weighted by atomic mass is 10.1. The van der Waals surface area contributed by atoms with Crippen molar-refractivity contribution < 1.29 is 23.1 Å². The number of amides is 1. The molecule has 1 unspecified atom stereocenters. The van der Waals surface area contributed by atoms with Crippen LogP contribution in [0.2, 0.25) is 0 Å². The summed E-state index contributed by atoms with van der Waals surface area (Å²) in [5.74, 6) is -1.13. The zero-order valence-corrected chi connectivity index (χ0v) is 13.8. The molecule has 1 atom stereocenters. The van der Waals surface area contributed by atoms with Crippen LogP contribution in [-0.2, 0) is 26.7 Å². The number of carbonyl (C=O) groups excluding carboxylic acids is 1. The number of imidazole rings is 1. The van der Waals surface area contributed by atoms with Crippen LogP contribution >= 0.6 is 0 Å². The molecule has 0 saturated carbocycles. The van der Waals surface area contributed by atoms with Gasteiger partial charge in [-0.05, 0) is 13.3 Å². The number of rotatable bonds is 6. The second-order valence-corrected chi connectivity index (χ2v) is 7.26. The minimum absolute atomic E-state index is 0.0165. The van der Waals surface area contributed by atoms with Crippen molar-refractivity contribution >= 4 is 21.9 Å². The van der Waals surface area contributed by atoms with Gasteiger partial charge in [0.15, 0.2) is 5.03 Å². The molecule has 1 aliphatic heterocycles. The van der Waals surface area contributed by atoms with Crippen LogP contribution in [0, 0.1) is 12.8 Å². The summed E-state index contributed by atoms with van der Waals surface area (Å²) in [4.78, 5) is 28.2. The monoisotopic (exact) mass is 344 g/mol. The molecule has 0 radical (unpaired) electrons. The molecule has 2 rings (SSSR count). The molecule has 9 nitrogen and oxygen atoms in total. The molecular weight excluding hydrogens is 324 g/mol. The average molecular weight is 344 g/mol. The summed E-state index contributed by atoms with van der Waals surface area (Å²) in [5, 5.41) is 8.82. The van der Waals surface area contributed by atoms with Crippen LogP contribution in [-0.4, -0.2) is 59.5 Å². The number of aryl methyl sites for hydroxylation is 2. The Bertz CT molecular complexity index is 692. The number of carboxylic acid groups (broad SMARTS) is 1. The number of nitrogens with one attached hydrogen (secondary N) is 1. The largest absolute Gasteiger partial charge is 0.481 e. The molecule has 0 spiro atoms. The van der Waals surface area contributed by atoms with Crippen molar-refractivity contribution in [1.82, 2.24) is 19.2 Å². The van der Waals surface area contributed by atoms with Gasteiger partial charge in [0.25, 0.3) is 10.0 Å². The Labute approximate surface area is 134 Å². The summed E-state index contributed by atoms with van der Waals surface area (Å²) < 4.78 is 28.0. The molecule has 2 N–H and O–H groups in total. The maximum Gasteiger partial charge on any atom is 0.308 e. The maximum atomic E-state index is 12.1. The molecule has 0 aliphatic carbocycles. The fourth-order valence-corrected chi connectivity index (χ4v) is 3.44. The van der Waals surface area contributed by atoms with Gasteiger partial charge in [-0.15, -0.1) is 0 Å². The number of nitrogens with zero attached hydrogens (tertiary/aromatic N) is 3. The van der Waals surface area contributed by atoms with E-state index < -0.39 is 21.9 Å². The van der Waals surface area contributed by atoms with Gasteiger partial charge < -0.3 is 14.6 Å². The van der Waals surface area contributed by atoms with Crippen molar-refractivity contribution in [2.24, 2.45) is 13.0 Å². The first-order valence-electron chi connectivity index (χ1n) is 7.21. The highest BCUT2D eigenvalue weighted by molar-refractivity contribution is 7.89. The number of aromatic nitrogens is 2. The van der Waals surface area contributed by atoms with Crippen molar-refractivity contribution in [3.05, 3.63) is 12.0 Å². The van der Waals surface area contributed by atoms with E-state index in [0.717, 1.165) is 0 Å². The fraction of sp³-hybridized carbons (Fsp3) is 0.615. The van der Waals surface area contributed by atoms with Gasteiger partial charge in [-0.3, -0.25) is 9.59 Å². The normalized spacial score (nSPS) is 18.3. The fourth-order valence-electron chi connectivity index (χ4n) is 2.37. The van der Waals surface area contributed by atoms with Crippen molar-refractivity contribution in [2.75, 3.05) is 19.6 Å². The number of likely N-dealkylation sites (tertiary alicyclic amines) is 1. The molecule has 1 aromatic rings. The SMILES string of the molecule is Cc1nc(S(=O)(=O)NCCC(=O)N2CCC(C(=O)O)C2)cn1C. The van der Waals surface area contributed by atoms with Gasteiger partial charge in [0, 0.05) is 39.3 Å². The number of hydrogen-bond acceptors (Lipinski definition) is 5. The predicted molar refractivity (Wildman–Crippen MR) is 80.1 cm³/mol. The van der Waals surface area contributed by atoms with Crippen LogP contribution in [0.5, 0.6) is 0 Å². The van der Waals surface area contributed by atoms with Crippen LogP contribution in [0.3, 0.4) is 0 Å². The van der Waals surface area contributed by atoms with Gasteiger partial charge in [0.05, 0.1) is 5.92 Å². The highest BCUT2D eigenvalue weighted by Gasteiger charge is 2.30. The maximum absolute atomic E-state index is 12.1. The van der Waals surface area contributed by atoms with E-state index in [1.165, 1.54) is 11.1 Å². The number of aliphatic carboxylic acids is 1. The molecule has 23 heavy (non-hydrogen) atoms. The molecule has 128 valence electrons. The zero-order valence-electron chi connectivity index (χ0n) is 13.0. The second-order valence-electron chi connectivity index (χ2n) is 5.55. The molecule has 0 aromatic carbocycles. The Morgan fingerprint density at radius 2 is 2.17 bits per heavy atom. The Morgan fingerprint density at radius 1 is 1.48 bits per heavy atom. The van der Waals surface area contributed by atoms with Crippen LogP contribution < -0.4 is 4.72 Å². The number of carbonyl (C=O) groups is 2. The van der Waals surface area contributed by atoms with Crippen molar-refractivity contribution in [1.29, 1.82) is 0 Å². The third kappa shape index (κ3) is 4.08. The smallest absolute Gasteiger partial charge is 0.308 e. The van der Waals surface area contributed by atoms with Crippen molar-refractivity contribution in [3.8, 4) is 0 Å². The molecule has 1 saturated heterocycles. The van der Waals surface area contributed by atoms with Crippen LogP contribution in [0.1, 0.15) is 18.7 Å². The second kappa shape index (κ2) is 6.67. The average Bonchev–Trinajstić information content (AvgIpc) is 3.07. The number of hydrogen-bond donors (Lipinski definition) is 2. The molecule has 0 bridgehead atoms. The first kappa shape index (κ1) is 17.4. The first-order valence-corrected chi connectivity index (χ1v) is 8.69. The summed E-state index contributed by atoms with van der Waals surface area (Å²) in [6, 6.07) is 0. The number of sulfonamides is 1. The number of carboxylic acids is 1. The molecule has 2 heterocycles. The van der Waals surface area contributed by atoms with E-state index in [0.29, 0.717) is 18.8 Å². The minimum atomic E-state index is -3.75. The Hall–Kier alpha value is -1.94. The van der Waals surface area contributed by atoms with Crippen LogP contribution in [0.15, 0.2) is 11.2 Å². The Morgan fingerprint density at radius 3 is 2.70 bits per heavy atom. The third-order valence-corrected chi connectivity index (χ3v) is 5.21. The standard InChI is InChI=1S/C13H20N4O5S/c1-9-15-11(8-16(9)2)23(21,22)14-5-3-12(18)17-6-4-10(7-17)13(19)20/h8,10,14H,3-7H2,1-2H3,(H,19,20). The van der Waals surface area contributed by atoms with Gasteiger partial charge >= 0.3 is 5.97 Å². The van der Waals surface area contributed by atoms with Gasteiger partial charge in [0.1, 0.15) is 5.82 Å². The predicted octanol–water partition coefficient (Wildman–Crippen LogP) is -0.670. The summed E-state index contributed by atoms with van der Waals surface area (Å²) in [6.45, 7) is 2.21. The van der Waals surface area contributed by atoms with E-state index in [-0.39, 0.29) is 30.4 Å². The van der Waals surface area contributed by atoms with Gasteiger partial charge in [-0.25, -0.2) is 18.1 Å². The molecule has 1 fully saturated rings. The summed E-state index contributed by atoms with van der Waals surface area (Å²) in [6.07, 6.45) is 1.81. The molecule has 1 aliphatic rings. The quantitative estimate of drug-likeness (QED) is 0.706. The highest BCUT2D eigenvalue weighted by Crippen LogP contribution is 2.17. The zero-order chi connectivity index (χ0) is 17.2. The van der Waals surface area contributed by atoms with Crippen LogP contribution in [0.25, 0.3) is 0 Å². The molecule has 1 aromatic heterocycles. The molecule has 1 amide bonds. The summed E-state index contributed by atoms with van der Waals surface area (Å²) >= 11 is 0. The van der Waals surface area contributed by atoms with Gasteiger partial charge in [-0.1, -0.05) is 0 Å². The van der Waals surface area contributed by atoms with E-state index in [4.69, 9.17) is 5.11 Å². The van der Waals surface area contributed by atoms with Gasteiger partial charge in [-0.2, -0.15) is 0 Å². The molecular formula is C13H20N4O5S. The Balaban J connectivity index is 1.85. The van der Waals surface area contributed by atoms with E-state index in [2.05, 4.69) is 9.71 Å². The Kier molecular flexibility index (Phi) is 5.05. The van der Waals surface area contributed by atoms with E-state index in [1.807, 2.05) is 0 Å². The minimum Gasteiger partial charge on any atom is -0.481 e. The van der Waals surface area contributed by atoms with E-state index in [1.54, 1.807) is 18.5 Å². The summed E-state index contributed by atoms with van der Waals surface area (Å²) in [5.41, 5.74) is 0. The highest BCUT2D eigenvalue weighted by atomic mass is 32.2. The van der Waals surface area contributed by atoms with E-state index >= 15 is 0 Å². The van der Waals surface area contributed by atoms with Crippen molar-refractivity contribution in [3.63, 3.8) is 0 Å². The summed E-state index contributed by atoms with van der Waals surface area (Å²) in [7, 11) is -2.06. The van der Waals surface area contributed by atoms with Crippen molar-refractivity contribution in [2.45, 2.75) is 24.8 Å². The van der Waals surface area contributed by atoms with E-state index in [9.17, 15) is 18.0 Å². The van der Waals surface area contributed by atoms with Crippen LogP contribution in [0.4, 0.5) is 0 Å². The third-order valence-electron chi connectivity index (χ3n) is 3.88. The lowest BCUT2D eigenvalue weighted by Crippen LogP contribution is -2.34. The topological polar surface area (TPSA) is 122 Å². The van der Waals surface area contributed by atoms with Gasteiger partial charge in [0.2, 0.25) is 5.91 Å².